The van der Waals surface area contributed by atoms with E-state index in [0.29, 0.717) is 24.9 Å². The van der Waals surface area contributed by atoms with Crippen LogP contribution in [0, 0.1) is 13.8 Å². The second kappa shape index (κ2) is 8.73. The van der Waals surface area contributed by atoms with Gasteiger partial charge in [-0.2, -0.15) is 0 Å². The van der Waals surface area contributed by atoms with Gasteiger partial charge in [0.15, 0.2) is 5.96 Å². The molecule has 2 aromatic heterocycles. The minimum Gasteiger partial charge on any atom is -0.497 e. The fourth-order valence-corrected chi connectivity index (χ4v) is 3.41. The van der Waals surface area contributed by atoms with Crippen LogP contribution in [0.1, 0.15) is 22.2 Å². The molecule has 0 saturated heterocycles. The van der Waals surface area contributed by atoms with Crippen LogP contribution in [-0.4, -0.2) is 25.1 Å². The Balaban J connectivity index is 1.54. The van der Waals surface area contributed by atoms with E-state index >= 15 is 0 Å². The van der Waals surface area contributed by atoms with Gasteiger partial charge in [0, 0.05) is 11.9 Å². The molecular formula is C20H24N4O2S. The highest BCUT2D eigenvalue weighted by Crippen LogP contribution is 2.27. The number of rotatable bonds is 6. The summed E-state index contributed by atoms with van der Waals surface area (Å²) in [5, 5.41) is 8.70. The highest BCUT2D eigenvalue weighted by molar-refractivity contribution is 7.10. The van der Waals surface area contributed by atoms with Crippen LogP contribution in [0.15, 0.2) is 45.1 Å². The maximum absolute atomic E-state index is 5.58. The molecule has 2 heterocycles. The average Bonchev–Trinajstić information content (AvgIpc) is 3.29. The summed E-state index contributed by atoms with van der Waals surface area (Å²) in [5.74, 6) is 3.08. The molecule has 27 heavy (non-hydrogen) atoms. The molecule has 0 saturated carbocycles. The monoisotopic (exact) mass is 384 g/mol. The molecule has 0 radical (unpaired) electrons. The first-order valence-corrected chi connectivity index (χ1v) is 9.56. The molecule has 1 aromatic carbocycles. The van der Waals surface area contributed by atoms with Gasteiger partial charge in [0.2, 0.25) is 5.89 Å². The minimum absolute atomic E-state index is 0.496. The van der Waals surface area contributed by atoms with Gasteiger partial charge < -0.3 is 19.8 Å². The van der Waals surface area contributed by atoms with Gasteiger partial charge in [0.1, 0.15) is 11.5 Å². The zero-order valence-corrected chi connectivity index (χ0v) is 16.8. The standard InChI is InChI=1S/C20H24N4O2S/c1-13-14(2)26-19(24-13)11-23-20(21-3)22-10-18-9-16(12-27-18)15-5-7-17(25-4)8-6-15/h5-9,12H,10-11H2,1-4H3,(H2,21,22,23). The van der Waals surface area contributed by atoms with E-state index < -0.39 is 0 Å². The number of nitrogens with one attached hydrogen (secondary N) is 2. The van der Waals surface area contributed by atoms with Crippen LogP contribution in [0.5, 0.6) is 5.75 Å². The Hall–Kier alpha value is -2.80. The predicted molar refractivity (Wildman–Crippen MR) is 109 cm³/mol. The third-order valence-corrected chi connectivity index (χ3v) is 5.15. The van der Waals surface area contributed by atoms with E-state index in [-0.39, 0.29) is 0 Å². The predicted octanol–water partition coefficient (Wildman–Crippen LogP) is 3.89. The summed E-state index contributed by atoms with van der Waals surface area (Å²) in [6.07, 6.45) is 0. The molecule has 6 nitrogen and oxygen atoms in total. The number of guanidine groups is 1. The van der Waals surface area contributed by atoms with Crippen molar-refractivity contribution in [3.63, 3.8) is 0 Å². The van der Waals surface area contributed by atoms with Gasteiger partial charge in [0.05, 0.1) is 25.9 Å². The number of benzene rings is 1. The van der Waals surface area contributed by atoms with E-state index in [2.05, 4.69) is 44.2 Å². The van der Waals surface area contributed by atoms with E-state index in [9.17, 15) is 0 Å². The molecule has 0 amide bonds. The Morgan fingerprint density at radius 1 is 1.15 bits per heavy atom. The first-order valence-electron chi connectivity index (χ1n) is 8.68. The Bertz CT molecular complexity index is 893. The smallest absolute Gasteiger partial charge is 0.214 e. The highest BCUT2D eigenvalue weighted by atomic mass is 32.1. The van der Waals surface area contributed by atoms with Gasteiger partial charge in [-0.15, -0.1) is 11.3 Å². The SMILES string of the molecule is CN=C(NCc1nc(C)c(C)o1)NCc1cc(-c2ccc(OC)cc2)cs1. The molecule has 0 atom stereocenters. The van der Waals surface area contributed by atoms with Crippen LogP contribution < -0.4 is 15.4 Å². The quantitative estimate of drug-likeness (QED) is 0.498. The van der Waals surface area contributed by atoms with Crippen LogP contribution in [0.2, 0.25) is 0 Å². The molecule has 0 bridgehead atoms. The Morgan fingerprint density at radius 3 is 2.52 bits per heavy atom. The van der Waals surface area contributed by atoms with Crippen molar-refractivity contribution >= 4 is 17.3 Å². The zero-order chi connectivity index (χ0) is 19.2. The molecule has 0 fully saturated rings. The molecule has 0 unspecified atom stereocenters. The summed E-state index contributed by atoms with van der Waals surface area (Å²) in [6, 6.07) is 10.3. The molecule has 0 aliphatic rings. The number of nitrogens with zero attached hydrogens (tertiary/aromatic N) is 2. The molecule has 0 spiro atoms. The Kier molecular flexibility index (Phi) is 6.13. The fraction of sp³-hybridized carbons (Fsp3) is 0.300. The first-order chi connectivity index (χ1) is 13.1. The number of hydrogen-bond donors (Lipinski definition) is 2. The topological polar surface area (TPSA) is 71.7 Å². The molecule has 0 aliphatic heterocycles. The molecule has 142 valence electrons. The van der Waals surface area contributed by atoms with Crippen molar-refractivity contribution < 1.29 is 9.15 Å². The van der Waals surface area contributed by atoms with E-state index in [1.165, 1.54) is 16.0 Å². The normalized spacial score (nSPS) is 11.5. The average molecular weight is 385 g/mol. The van der Waals surface area contributed by atoms with Crippen molar-refractivity contribution in [2.24, 2.45) is 4.99 Å². The van der Waals surface area contributed by atoms with Crippen molar-refractivity contribution in [2.75, 3.05) is 14.2 Å². The van der Waals surface area contributed by atoms with Crippen molar-refractivity contribution in [3.05, 3.63) is 57.9 Å². The maximum Gasteiger partial charge on any atom is 0.214 e. The largest absolute Gasteiger partial charge is 0.497 e. The van der Waals surface area contributed by atoms with Crippen LogP contribution in [0.3, 0.4) is 0 Å². The lowest BCUT2D eigenvalue weighted by Gasteiger charge is -2.09. The number of aliphatic imine (C=N–C) groups is 1. The lowest BCUT2D eigenvalue weighted by Crippen LogP contribution is -2.36. The molecule has 0 aliphatic carbocycles. The van der Waals surface area contributed by atoms with E-state index in [0.717, 1.165) is 17.2 Å². The van der Waals surface area contributed by atoms with Crippen LogP contribution >= 0.6 is 11.3 Å². The summed E-state index contributed by atoms with van der Waals surface area (Å²) in [6.45, 7) is 5.04. The van der Waals surface area contributed by atoms with E-state index in [1.54, 1.807) is 25.5 Å². The van der Waals surface area contributed by atoms with Gasteiger partial charge in [-0.1, -0.05) is 12.1 Å². The van der Waals surface area contributed by atoms with Gasteiger partial charge in [-0.25, -0.2) is 4.98 Å². The van der Waals surface area contributed by atoms with E-state index in [4.69, 9.17) is 9.15 Å². The summed E-state index contributed by atoms with van der Waals surface area (Å²) in [5.41, 5.74) is 3.29. The number of methoxy groups -OCH3 is 1. The van der Waals surface area contributed by atoms with Gasteiger partial charge in [0.25, 0.3) is 0 Å². The highest BCUT2D eigenvalue weighted by Gasteiger charge is 2.07. The molecule has 7 heteroatoms. The summed E-state index contributed by atoms with van der Waals surface area (Å²) >= 11 is 1.72. The Morgan fingerprint density at radius 2 is 1.89 bits per heavy atom. The van der Waals surface area contributed by atoms with E-state index in [1.807, 2.05) is 26.0 Å². The zero-order valence-electron chi connectivity index (χ0n) is 16.0. The number of ether oxygens (including phenoxy) is 1. The number of hydrogen-bond acceptors (Lipinski definition) is 5. The van der Waals surface area contributed by atoms with Gasteiger partial charge >= 0.3 is 0 Å². The number of thiophene rings is 1. The van der Waals surface area contributed by atoms with Crippen molar-refractivity contribution in [2.45, 2.75) is 26.9 Å². The Labute approximate surface area is 163 Å². The van der Waals surface area contributed by atoms with Crippen molar-refractivity contribution in [3.8, 4) is 16.9 Å². The molecule has 2 N–H and O–H groups in total. The summed E-state index contributed by atoms with van der Waals surface area (Å²) in [4.78, 5) is 9.84. The van der Waals surface area contributed by atoms with Crippen molar-refractivity contribution in [1.82, 2.24) is 15.6 Å². The lowest BCUT2D eigenvalue weighted by molar-refractivity contribution is 0.415. The number of aryl methyl sites for hydroxylation is 2. The van der Waals surface area contributed by atoms with Crippen LogP contribution in [-0.2, 0) is 13.1 Å². The summed E-state index contributed by atoms with van der Waals surface area (Å²) in [7, 11) is 3.42. The maximum atomic E-state index is 5.58. The second-order valence-electron chi connectivity index (χ2n) is 6.06. The second-order valence-corrected chi connectivity index (χ2v) is 7.05. The summed E-state index contributed by atoms with van der Waals surface area (Å²) < 4.78 is 10.8. The van der Waals surface area contributed by atoms with Crippen LogP contribution in [0.4, 0.5) is 0 Å². The first kappa shape index (κ1) is 19.0. The fourth-order valence-electron chi connectivity index (χ4n) is 2.57. The molecule has 3 rings (SSSR count). The number of aromatic nitrogens is 1. The van der Waals surface area contributed by atoms with Crippen LogP contribution in [0.25, 0.3) is 11.1 Å². The van der Waals surface area contributed by atoms with Gasteiger partial charge in [-0.3, -0.25) is 4.99 Å². The van der Waals surface area contributed by atoms with Crippen molar-refractivity contribution in [1.29, 1.82) is 0 Å². The molecule has 3 aromatic rings. The minimum atomic E-state index is 0.496. The third-order valence-electron chi connectivity index (χ3n) is 4.21. The third kappa shape index (κ3) is 4.89. The number of oxazole rings is 1. The lowest BCUT2D eigenvalue weighted by atomic mass is 10.1. The molecular weight excluding hydrogens is 360 g/mol. The van der Waals surface area contributed by atoms with Gasteiger partial charge in [-0.05, 0) is 48.6 Å².